The first-order valence-electron chi connectivity index (χ1n) is 11.2. The molecule has 0 aliphatic rings. The molecule has 2 rings (SSSR count). The molecule has 2 aromatic rings. The fraction of sp³-hybridized carbons (Fsp3) is 0.423. The monoisotopic (exact) mass is 478 g/mol. The lowest BCUT2D eigenvalue weighted by Gasteiger charge is -2.30. The van der Waals surface area contributed by atoms with Gasteiger partial charge < -0.3 is 14.8 Å². The van der Waals surface area contributed by atoms with Crippen LogP contribution >= 0.6 is 0 Å². The van der Waals surface area contributed by atoms with Gasteiger partial charge in [0.15, 0.2) is 11.5 Å². The molecule has 0 aliphatic carbocycles. The third kappa shape index (κ3) is 8.41. The second kappa shape index (κ2) is 12.5. The van der Waals surface area contributed by atoms with Crippen LogP contribution in [0.3, 0.4) is 0 Å². The van der Waals surface area contributed by atoms with Crippen molar-refractivity contribution in [2.75, 3.05) is 25.6 Å². The Morgan fingerprint density at radius 1 is 1.06 bits per heavy atom. The van der Waals surface area contributed by atoms with Crippen molar-refractivity contribution in [1.29, 1.82) is 0 Å². The van der Waals surface area contributed by atoms with Crippen molar-refractivity contribution in [2.24, 2.45) is 0 Å². The maximum absolute atomic E-state index is 12.8. The third-order valence-electron chi connectivity index (χ3n) is 5.22. The Morgan fingerprint density at radius 2 is 1.76 bits per heavy atom. The summed E-state index contributed by atoms with van der Waals surface area (Å²) in [6.45, 7) is 10.0. The van der Waals surface area contributed by atoms with Crippen molar-refractivity contribution in [2.45, 2.75) is 52.4 Å². The summed E-state index contributed by atoms with van der Waals surface area (Å²) in [5.41, 5.74) is -0.00189. The molecule has 2 aromatic carbocycles. The van der Waals surface area contributed by atoms with Crippen LogP contribution in [-0.4, -0.2) is 43.2 Å². The normalized spacial score (nSPS) is 12.1. The minimum atomic E-state index is -4.44. The van der Waals surface area contributed by atoms with E-state index in [1.54, 1.807) is 18.2 Å². The Morgan fingerprint density at radius 3 is 2.38 bits per heavy atom. The number of hydrogen-bond acceptors (Lipinski definition) is 4. The van der Waals surface area contributed by atoms with Gasteiger partial charge in [-0.1, -0.05) is 12.1 Å². The van der Waals surface area contributed by atoms with Crippen LogP contribution in [0.1, 0.15) is 45.2 Å². The summed E-state index contributed by atoms with van der Waals surface area (Å²) in [5, 5.41) is 2.70. The second-order valence-electron chi connectivity index (χ2n) is 8.44. The lowest BCUT2D eigenvalue weighted by molar-refractivity contribution is -0.137. The third-order valence-corrected chi connectivity index (χ3v) is 5.22. The van der Waals surface area contributed by atoms with E-state index < -0.39 is 17.6 Å². The standard InChI is InChI=1S/C26H33F3N2O3/c1-18(2)31(19(3)4)14-7-15-34-24-17-22(11-12-23(24)33-5)30-25(32)13-10-20-8-6-9-21(16-20)26(27,28)29/h6,8-13,16-19H,7,14-15H2,1-5H3,(H,30,32)/b13-10+. The zero-order valence-corrected chi connectivity index (χ0v) is 20.3. The highest BCUT2D eigenvalue weighted by atomic mass is 19.4. The fourth-order valence-electron chi connectivity index (χ4n) is 3.58. The predicted molar refractivity (Wildman–Crippen MR) is 129 cm³/mol. The van der Waals surface area contributed by atoms with Gasteiger partial charge in [0, 0.05) is 36.5 Å². The van der Waals surface area contributed by atoms with Crippen LogP contribution < -0.4 is 14.8 Å². The van der Waals surface area contributed by atoms with Gasteiger partial charge in [-0.15, -0.1) is 0 Å². The van der Waals surface area contributed by atoms with E-state index in [0.29, 0.717) is 35.9 Å². The quantitative estimate of drug-likeness (QED) is 0.306. The zero-order valence-electron chi connectivity index (χ0n) is 20.3. The summed E-state index contributed by atoms with van der Waals surface area (Å²) in [5.74, 6) is 0.572. The molecule has 186 valence electrons. The van der Waals surface area contributed by atoms with Crippen LogP contribution in [0, 0.1) is 0 Å². The molecule has 34 heavy (non-hydrogen) atoms. The minimum absolute atomic E-state index is 0.278. The summed E-state index contributed by atoms with van der Waals surface area (Å²) >= 11 is 0. The number of nitrogens with one attached hydrogen (secondary N) is 1. The number of anilines is 1. The number of carbonyl (C=O) groups is 1. The topological polar surface area (TPSA) is 50.8 Å². The van der Waals surface area contributed by atoms with E-state index in [2.05, 4.69) is 37.9 Å². The van der Waals surface area contributed by atoms with Crippen molar-refractivity contribution < 1.29 is 27.4 Å². The number of alkyl halides is 3. The number of carbonyl (C=O) groups excluding carboxylic acids is 1. The van der Waals surface area contributed by atoms with Gasteiger partial charge in [-0.05, 0) is 70.0 Å². The smallest absolute Gasteiger partial charge is 0.416 e. The molecule has 0 aliphatic heterocycles. The molecule has 0 bridgehead atoms. The second-order valence-corrected chi connectivity index (χ2v) is 8.44. The predicted octanol–water partition coefficient (Wildman–Crippen LogP) is 6.25. The van der Waals surface area contributed by atoms with E-state index in [1.165, 1.54) is 31.4 Å². The maximum Gasteiger partial charge on any atom is 0.416 e. The number of amides is 1. The van der Waals surface area contributed by atoms with E-state index in [-0.39, 0.29) is 5.56 Å². The first kappa shape index (κ1) is 27.2. The molecule has 1 N–H and O–H groups in total. The van der Waals surface area contributed by atoms with Gasteiger partial charge in [0.1, 0.15) is 0 Å². The Balaban J connectivity index is 1.99. The van der Waals surface area contributed by atoms with Crippen LogP contribution in [0.25, 0.3) is 6.08 Å². The molecular formula is C26H33F3N2O3. The van der Waals surface area contributed by atoms with Crippen molar-refractivity contribution in [3.63, 3.8) is 0 Å². The van der Waals surface area contributed by atoms with Gasteiger partial charge >= 0.3 is 6.18 Å². The van der Waals surface area contributed by atoms with Gasteiger partial charge in [-0.25, -0.2) is 0 Å². The van der Waals surface area contributed by atoms with E-state index >= 15 is 0 Å². The number of ether oxygens (including phenoxy) is 2. The Bertz CT molecular complexity index is 964. The van der Waals surface area contributed by atoms with Crippen LogP contribution in [-0.2, 0) is 11.0 Å². The molecule has 0 fully saturated rings. The van der Waals surface area contributed by atoms with Crippen LogP contribution in [0.5, 0.6) is 11.5 Å². The van der Waals surface area contributed by atoms with E-state index in [9.17, 15) is 18.0 Å². The van der Waals surface area contributed by atoms with Crippen molar-refractivity contribution in [1.82, 2.24) is 4.90 Å². The molecule has 0 aromatic heterocycles. The first-order valence-corrected chi connectivity index (χ1v) is 11.2. The maximum atomic E-state index is 12.8. The van der Waals surface area contributed by atoms with Gasteiger partial charge in [-0.2, -0.15) is 13.2 Å². The van der Waals surface area contributed by atoms with Crippen LogP contribution in [0.2, 0.25) is 0 Å². The Hall–Kier alpha value is -3.00. The molecule has 0 radical (unpaired) electrons. The van der Waals surface area contributed by atoms with E-state index in [4.69, 9.17) is 9.47 Å². The number of nitrogens with zero attached hydrogens (tertiary/aromatic N) is 1. The highest BCUT2D eigenvalue weighted by Crippen LogP contribution is 2.31. The van der Waals surface area contributed by atoms with E-state index in [0.717, 1.165) is 25.1 Å². The number of halogens is 3. The lowest BCUT2D eigenvalue weighted by Crippen LogP contribution is -2.38. The minimum Gasteiger partial charge on any atom is -0.493 e. The fourth-order valence-corrected chi connectivity index (χ4v) is 3.58. The highest BCUT2D eigenvalue weighted by molar-refractivity contribution is 6.02. The molecule has 1 amide bonds. The van der Waals surface area contributed by atoms with Crippen molar-refractivity contribution >= 4 is 17.7 Å². The molecule has 5 nitrogen and oxygen atoms in total. The molecule has 0 spiro atoms. The first-order chi connectivity index (χ1) is 16.0. The largest absolute Gasteiger partial charge is 0.493 e. The van der Waals surface area contributed by atoms with Crippen molar-refractivity contribution in [3.8, 4) is 11.5 Å². The summed E-state index contributed by atoms with van der Waals surface area (Å²) in [6, 6.07) is 10.7. The molecule has 0 heterocycles. The summed E-state index contributed by atoms with van der Waals surface area (Å²) in [4.78, 5) is 14.7. The highest BCUT2D eigenvalue weighted by Gasteiger charge is 2.30. The molecule has 8 heteroatoms. The SMILES string of the molecule is COc1ccc(NC(=O)/C=C/c2cccc(C(F)(F)F)c2)cc1OCCCN(C(C)C)C(C)C. The average molecular weight is 479 g/mol. The van der Waals surface area contributed by atoms with Gasteiger partial charge in [-0.3, -0.25) is 9.69 Å². The number of rotatable bonds is 11. The number of hydrogen-bond donors (Lipinski definition) is 1. The summed E-state index contributed by atoms with van der Waals surface area (Å²) in [6.07, 6.45) is -1.09. The van der Waals surface area contributed by atoms with Gasteiger partial charge in [0.05, 0.1) is 19.3 Å². The zero-order chi connectivity index (χ0) is 25.3. The summed E-state index contributed by atoms with van der Waals surface area (Å²) < 4.78 is 49.8. The average Bonchev–Trinajstić information content (AvgIpc) is 2.77. The van der Waals surface area contributed by atoms with Crippen LogP contribution in [0.15, 0.2) is 48.5 Å². The summed E-state index contributed by atoms with van der Waals surface area (Å²) in [7, 11) is 1.54. The Labute approximate surface area is 199 Å². The lowest BCUT2D eigenvalue weighted by atomic mass is 10.1. The molecular weight excluding hydrogens is 445 g/mol. The van der Waals surface area contributed by atoms with Gasteiger partial charge in [0.25, 0.3) is 0 Å². The molecule has 0 saturated heterocycles. The van der Waals surface area contributed by atoms with E-state index in [1.807, 2.05) is 0 Å². The van der Waals surface area contributed by atoms with Crippen LogP contribution in [0.4, 0.5) is 18.9 Å². The van der Waals surface area contributed by atoms with Crippen molar-refractivity contribution in [3.05, 3.63) is 59.7 Å². The molecule has 0 unspecified atom stereocenters. The Kier molecular flexibility index (Phi) is 9.98. The van der Waals surface area contributed by atoms with Gasteiger partial charge in [0.2, 0.25) is 5.91 Å². The number of methoxy groups -OCH3 is 1. The molecule has 0 saturated carbocycles. The molecule has 0 atom stereocenters. The number of benzene rings is 2.